The minimum atomic E-state index is 0.0594. The Bertz CT molecular complexity index is 560. The standard InChI is InChI=1S/C14H17N3O/c1-11-5-4-6-12(9-11)10-14(18)16(2)13-7-8-15-17(13)3/h4-9H,10H2,1-3H3. The summed E-state index contributed by atoms with van der Waals surface area (Å²) in [6.07, 6.45) is 2.09. The van der Waals surface area contributed by atoms with Gasteiger partial charge in [0.2, 0.25) is 5.91 Å². The summed E-state index contributed by atoms with van der Waals surface area (Å²) < 4.78 is 1.69. The lowest BCUT2D eigenvalue weighted by Crippen LogP contribution is -2.29. The maximum absolute atomic E-state index is 12.2. The lowest BCUT2D eigenvalue weighted by Gasteiger charge is -2.17. The molecule has 0 fully saturated rings. The number of nitrogens with zero attached hydrogens (tertiary/aromatic N) is 3. The zero-order chi connectivity index (χ0) is 13.1. The number of aryl methyl sites for hydroxylation is 2. The minimum absolute atomic E-state index is 0.0594. The first kappa shape index (κ1) is 12.4. The predicted molar refractivity (Wildman–Crippen MR) is 71.5 cm³/mol. The summed E-state index contributed by atoms with van der Waals surface area (Å²) in [7, 11) is 3.60. The number of likely N-dealkylation sites (N-methyl/N-ethyl adjacent to an activating group) is 1. The third kappa shape index (κ3) is 2.59. The van der Waals surface area contributed by atoms with Crippen LogP contribution in [0.15, 0.2) is 36.5 Å². The van der Waals surface area contributed by atoms with E-state index in [-0.39, 0.29) is 5.91 Å². The fourth-order valence-corrected chi connectivity index (χ4v) is 1.94. The van der Waals surface area contributed by atoms with Crippen LogP contribution >= 0.6 is 0 Å². The van der Waals surface area contributed by atoms with Gasteiger partial charge in [-0.25, -0.2) is 0 Å². The van der Waals surface area contributed by atoms with E-state index >= 15 is 0 Å². The average molecular weight is 243 g/mol. The van der Waals surface area contributed by atoms with Crippen LogP contribution in [0.5, 0.6) is 0 Å². The molecule has 2 aromatic rings. The smallest absolute Gasteiger partial charge is 0.232 e. The van der Waals surface area contributed by atoms with Crippen molar-refractivity contribution in [3.8, 4) is 0 Å². The number of carbonyl (C=O) groups excluding carboxylic acids is 1. The molecule has 0 aliphatic carbocycles. The van der Waals surface area contributed by atoms with Crippen LogP contribution in [0.4, 0.5) is 5.82 Å². The van der Waals surface area contributed by atoms with E-state index in [0.29, 0.717) is 6.42 Å². The highest BCUT2D eigenvalue weighted by atomic mass is 16.2. The fourth-order valence-electron chi connectivity index (χ4n) is 1.94. The monoisotopic (exact) mass is 243 g/mol. The van der Waals surface area contributed by atoms with Crippen LogP contribution in [0.3, 0.4) is 0 Å². The van der Waals surface area contributed by atoms with Gasteiger partial charge in [-0.1, -0.05) is 29.8 Å². The largest absolute Gasteiger partial charge is 0.300 e. The number of aromatic nitrogens is 2. The summed E-state index contributed by atoms with van der Waals surface area (Å²) in [4.78, 5) is 13.8. The molecule has 0 aliphatic heterocycles. The van der Waals surface area contributed by atoms with Crippen molar-refractivity contribution in [2.24, 2.45) is 7.05 Å². The maximum atomic E-state index is 12.2. The van der Waals surface area contributed by atoms with Crippen LogP contribution < -0.4 is 4.90 Å². The number of anilines is 1. The Morgan fingerprint density at radius 3 is 2.78 bits per heavy atom. The molecule has 1 amide bonds. The molecule has 0 spiro atoms. The van der Waals surface area contributed by atoms with E-state index in [0.717, 1.165) is 11.4 Å². The SMILES string of the molecule is Cc1cccc(CC(=O)N(C)c2ccnn2C)c1. The molecule has 4 nitrogen and oxygen atoms in total. The van der Waals surface area contributed by atoms with Gasteiger partial charge in [-0.05, 0) is 12.5 Å². The molecule has 94 valence electrons. The Hall–Kier alpha value is -2.10. The van der Waals surface area contributed by atoms with Crippen LogP contribution in [0.25, 0.3) is 0 Å². The quantitative estimate of drug-likeness (QED) is 0.826. The van der Waals surface area contributed by atoms with E-state index < -0.39 is 0 Å². The first-order valence-corrected chi connectivity index (χ1v) is 5.88. The maximum Gasteiger partial charge on any atom is 0.232 e. The summed E-state index contributed by atoms with van der Waals surface area (Å²) in [6.45, 7) is 2.03. The number of rotatable bonds is 3. The summed E-state index contributed by atoms with van der Waals surface area (Å²) in [5.41, 5.74) is 2.21. The molecule has 0 radical (unpaired) electrons. The van der Waals surface area contributed by atoms with Crippen molar-refractivity contribution in [1.82, 2.24) is 9.78 Å². The van der Waals surface area contributed by atoms with Crippen LogP contribution in [-0.2, 0) is 18.3 Å². The predicted octanol–water partition coefficient (Wildman–Crippen LogP) is 1.93. The van der Waals surface area contributed by atoms with Gasteiger partial charge in [0.1, 0.15) is 5.82 Å². The molecular formula is C14H17N3O. The Kier molecular flexibility index (Phi) is 3.46. The Morgan fingerprint density at radius 2 is 2.17 bits per heavy atom. The van der Waals surface area contributed by atoms with Gasteiger partial charge >= 0.3 is 0 Å². The number of benzene rings is 1. The molecule has 1 aromatic heterocycles. The highest BCUT2D eigenvalue weighted by Gasteiger charge is 2.14. The first-order valence-electron chi connectivity index (χ1n) is 5.88. The van der Waals surface area contributed by atoms with Crippen molar-refractivity contribution in [3.05, 3.63) is 47.7 Å². The molecule has 0 aliphatic rings. The first-order chi connectivity index (χ1) is 8.58. The van der Waals surface area contributed by atoms with E-state index in [1.165, 1.54) is 5.56 Å². The molecule has 1 aromatic carbocycles. The molecule has 0 atom stereocenters. The second kappa shape index (κ2) is 5.04. The van der Waals surface area contributed by atoms with Crippen LogP contribution in [0.1, 0.15) is 11.1 Å². The molecule has 0 N–H and O–H groups in total. The van der Waals surface area contributed by atoms with Crippen LogP contribution in [-0.4, -0.2) is 22.7 Å². The highest BCUT2D eigenvalue weighted by molar-refractivity contribution is 5.93. The van der Waals surface area contributed by atoms with Gasteiger partial charge in [0.05, 0.1) is 12.6 Å². The van der Waals surface area contributed by atoms with Crippen LogP contribution in [0, 0.1) is 6.92 Å². The van der Waals surface area contributed by atoms with Gasteiger partial charge in [-0.2, -0.15) is 5.10 Å². The summed E-state index contributed by atoms with van der Waals surface area (Å²) >= 11 is 0. The second-order valence-electron chi connectivity index (χ2n) is 4.43. The molecule has 0 saturated heterocycles. The lowest BCUT2D eigenvalue weighted by atomic mass is 10.1. The zero-order valence-corrected chi connectivity index (χ0v) is 10.9. The Balaban J connectivity index is 2.11. The van der Waals surface area contributed by atoms with E-state index in [2.05, 4.69) is 5.10 Å². The molecule has 18 heavy (non-hydrogen) atoms. The van der Waals surface area contributed by atoms with Crippen molar-refractivity contribution in [2.45, 2.75) is 13.3 Å². The molecule has 0 unspecified atom stereocenters. The van der Waals surface area contributed by atoms with E-state index in [4.69, 9.17) is 0 Å². The van der Waals surface area contributed by atoms with E-state index in [9.17, 15) is 4.79 Å². The average Bonchev–Trinajstić information content (AvgIpc) is 2.74. The zero-order valence-electron chi connectivity index (χ0n) is 10.9. The normalized spacial score (nSPS) is 10.4. The Labute approximate surface area is 107 Å². The molecule has 0 bridgehead atoms. The number of hydrogen-bond donors (Lipinski definition) is 0. The van der Waals surface area contributed by atoms with Gasteiger partial charge < -0.3 is 0 Å². The number of carbonyl (C=O) groups is 1. The van der Waals surface area contributed by atoms with E-state index in [1.807, 2.05) is 44.3 Å². The van der Waals surface area contributed by atoms with Gasteiger partial charge in [0, 0.05) is 20.2 Å². The van der Waals surface area contributed by atoms with Gasteiger partial charge in [-0.3, -0.25) is 14.4 Å². The third-order valence-electron chi connectivity index (χ3n) is 2.95. The third-order valence-corrected chi connectivity index (χ3v) is 2.95. The highest BCUT2D eigenvalue weighted by Crippen LogP contribution is 2.12. The van der Waals surface area contributed by atoms with Gasteiger partial charge in [0.25, 0.3) is 0 Å². The van der Waals surface area contributed by atoms with Crippen LogP contribution in [0.2, 0.25) is 0 Å². The Morgan fingerprint density at radius 1 is 1.39 bits per heavy atom. The molecule has 4 heteroatoms. The second-order valence-corrected chi connectivity index (χ2v) is 4.43. The van der Waals surface area contributed by atoms with Crippen molar-refractivity contribution in [3.63, 3.8) is 0 Å². The van der Waals surface area contributed by atoms with Crippen molar-refractivity contribution in [1.29, 1.82) is 0 Å². The summed E-state index contributed by atoms with van der Waals surface area (Å²) in [6, 6.07) is 9.84. The summed E-state index contributed by atoms with van der Waals surface area (Å²) in [5.74, 6) is 0.858. The van der Waals surface area contributed by atoms with Gasteiger partial charge in [0.15, 0.2) is 0 Å². The molecular weight excluding hydrogens is 226 g/mol. The van der Waals surface area contributed by atoms with E-state index in [1.54, 1.807) is 22.8 Å². The number of hydrogen-bond acceptors (Lipinski definition) is 2. The summed E-state index contributed by atoms with van der Waals surface area (Å²) in [5, 5.41) is 4.06. The van der Waals surface area contributed by atoms with Crippen molar-refractivity contribution in [2.75, 3.05) is 11.9 Å². The van der Waals surface area contributed by atoms with Crippen molar-refractivity contribution < 1.29 is 4.79 Å². The molecule has 2 rings (SSSR count). The minimum Gasteiger partial charge on any atom is -0.300 e. The topological polar surface area (TPSA) is 38.1 Å². The number of amides is 1. The fraction of sp³-hybridized carbons (Fsp3) is 0.286. The lowest BCUT2D eigenvalue weighted by molar-refractivity contribution is -0.117. The molecule has 0 saturated carbocycles. The van der Waals surface area contributed by atoms with Crippen molar-refractivity contribution >= 4 is 11.7 Å². The van der Waals surface area contributed by atoms with Gasteiger partial charge in [-0.15, -0.1) is 0 Å². The molecule has 1 heterocycles.